The lowest BCUT2D eigenvalue weighted by molar-refractivity contribution is -0.127. The molecule has 0 aliphatic heterocycles. The third-order valence-corrected chi connectivity index (χ3v) is 8.32. The van der Waals surface area contributed by atoms with E-state index in [2.05, 4.69) is 16.0 Å². The fourth-order valence-corrected chi connectivity index (χ4v) is 5.73. The summed E-state index contributed by atoms with van der Waals surface area (Å²) in [6.45, 7) is 5.06. The van der Waals surface area contributed by atoms with Crippen molar-refractivity contribution in [2.75, 3.05) is 13.1 Å². The minimum Gasteiger partial charge on any atom is -0.350 e. The molecule has 0 bridgehead atoms. The molecule has 1 saturated carbocycles. The molecule has 8 nitrogen and oxygen atoms in total. The Morgan fingerprint density at radius 3 is 2.00 bits per heavy atom. The molecular formula is C25H34N4O4S. The summed E-state index contributed by atoms with van der Waals surface area (Å²) in [7, 11) is -3.52. The highest BCUT2D eigenvalue weighted by atomic mass is 32.2. The number of hydrogen-bond donors (Lipinski definition) is 3. The fraction of sp³-hybridized carbons (Fsp3) is 0.440. The van der Waals surface area contributed by atoms with Crippen molar-refractivity contribution in [3.05, 3.63) is 65.7 Å². The van der Waals surface area contributed by atoms with Crippen molar-refractivity contribution in [3.8, 4) is 0 Å². The maximum absolute atomic E-state index is 13.1. The van der Waals surface area contributed by atoms with Crippen LogP contribution in [0.3, 0.4) is 0 Å². The van der Waals surface area contributed by atoms with Crippen LogP contribution < -0.4 is 16.0 Å². The van der Waals surface area contributed by atoms with Gasteiger partial charge in [-0.05, 0) is 36.1 Å². The second-order valence-corrected chi connectivity index (χ2v) is 10.4. The van der Waals surface area contributed by atoms with E-state index >= 15 is 0 Å². The van der Waals surface area contributed by atoms with Crippen LogP contribution in [-0.4, -0.2) is 43.3 Å². The molecule has 0 radical (unpaired) electrons. The molecule has 0 atom stereocenters. The van der Waals surface area contributed by atoms with E-state index in [-0.39, 0.29) is 23.4 Å². The molecule has 1 aliphatic carbocycles. The zero-order valence-electron chi connectivity index (χ0n) is 19.8. The number of amides is 3. The van der Waals surface area contributed by atoms with E-state index in [9.17, 15) is 18.0 Å². The van der Waals surface area contributed by atoms with E-state index in [0.717, 1.165) is 24.0 Å². The largest absolute Gasteiger partial charge is 0.350 e. The van der Waals surface area contributed by atoms with Gasteiger partial charge in [-0.25, -0.2) is 13.2 Å². The number of sulfonamides is 1. The van der Waals surface area contributed by atoms with Crippen LogP contribution >= 0.6 is 0 Å². The summed E-state index contributed by atoms with van der Waals surface area (Å²) in [5.74, 6) is -0.222. The Balaban J connectivity index is 1.59. The molecule has 3 N–H and O–H groups in total. The van der Waals surface area contributed by atoms with Gasteiger partial charge in [0, 0.05) is 26.2 Å². The van der Waals surface area contributed by atoms with E-state index in [1.54, 1.807) is 38.1 Å². The first-order valence-electron chi connectivity index (χ1n) is 11.8. The number of urea groups is 1. The van der Waals surface area contributed by atoms with Gasteiger partial charge in [-0.2, -0.15) is 4.31 Å². The summed E-state index contributed by atoms with van der Waals surface area (Å²) in [5.41, 5.74) is 0.829. The van der Waals surface area contributed by atoms with Gasteiger partial charge in [-0.3, -0.25) is 4.79 Å². The summed E-state index contributed by atoms with van der Waals surface area (Å²) in [4.78, 5) is 25.8. The van der Waals surface area contributed by atoms with Gasteiger partial charge in [0.25, 0.3) is 0 Å². The lowest BCUT2D eigenvalue weighted by atomic mass is 9.96. The smallest absolute Gasteiger partial charge is 0.315 e. The summed E-state index contributed by atoms with van der Waals surface area (Å²) < 4.78 is 26.7. The predicted octanol–water partition coefficient (Wildman–Crippen LogP) is 3.15. The summed E-state index contributed by atoms with van der Waals surface area (Å²) >= 11 is 0. The van der Waals surface area contributed by atoms with Crippen molar-refractivity contribution in [1.29, 1.82) is 0 Å². The van der Waals surface area contributed by atoms with Crippen molar-refractivity contribution in [2.24, 2.45) is 0 Å². The van der Waals surface area contributed by atoms with Crippen LogP contribution in [0.4, 0.5) is 4.79 Å². The lowest BCUT2D eigenvalue weighted by Crippen LogP contribution is -2.59. The van der Waals surface area contributed by atoms with E-state index in [1.165, 1.54) is 4.31 Å². The van der Waals surface area contributed by atoms with Crippen LogP contribution in [0.2, 0.25) is 0 Å². The SMILES string of the molecule is CCN(CC)S(=O)(=O)c1ccc(CNC(=O)C2(NC(=O)NCc3ccccc3)CCCC2)cc1. The number of carbonyl (C=O) groups excluding carboxylic acids is 2. The minimum atomic E-state index is -3.52. The van der Waals surface area contributed by atoms with Crippen molar-refractivity contribution >= 4 is 22.0 Å². The molecule has 0 saturated heterocycles. The first kappa shape index (κ1) is 25.7. The number of rotatable bonds is 10. The molecule has 2 aromatic rings. The van der Waals surface area contributed by atoms with Gasteiger partial charge in [0.05, 0.1) is 4.90 Å². The van der Waals surface area contributed by atoms with Gasteiger partial charge < -0.3 is 16.0 Å². The predicted molar refractivity (Wildman–Crippen MR) is 131 cm³/mol. The first-order valence-corrected chi connectivity index (χ1v) is 13.2. The Morgan fingerprint density at radius 2 is 1.41 bits per heavy atom. The third-order valence-electron chi connectivity index (χ3n) is 6.26. The highest BCUT2D eigenvalue weighted by Crippen LogP contribution is 2.30. The van der Waals surface area contributed by atoms with Crippen molar-refractivity contribution < 1.29 is 18.0 Å². The van der Waals surface area contributed by atoms with Gasteiger partial charge in [0.15, 0.2) is 0 Å². The normalized spacial score (nSPS) is 15.1. The zero-order chi connectivity index (χ0) is 24.6. The van der Waals surface area contributed by atoms with E-state index in [0.29, 0.717) is 32.5 Å². The average molecular weight is 487 g/mol. The quantitative estimate of drug-likeness (QED) is 0.479. The molecular weight excluding hydrogens is 452 g/mol. The average Bonchev–Trinajstić information content (AvgIpc) is 3.32. The monoisotopic (exact) mass is 486 g/mol. The van der Waals surface area contributed by atoms with Gasteiger partial charge in [-0.15, -0.1) is 0 Å². The van der Waals surface area contributed by atoms with Gasteiger partial charge in [-0.1, -0.05) is 69.2 Å². The Labute approximate surface area is 202 Å². The highest BCUT2D eigenvalue weighted by molar-refractivity contribution is 7.89. The molecule has 184 valence electrons. The first-order chi connectivity index (χ1) is 16.3. The van der Waals surface area contributed by atoms with Gasteiger partial charge >= 0.3 is 6.03 Å². The Bertz CT molecular complexity index is 1060. The standard InChI is InChI=1S/C25H34N4O4S/c1-3-29(4-2)34(32,33)22-14-12-21(13-15-22)18-26-23(30)25(16-8-9-17-25)28-24(31)27-19-20-10-6-5-7-11-20/h5-7,10-15H,3-4,8-9,16-19H2,1-2H3,(H,26,30)(H2,27,28,31). The topological polar surface area (TPSA) is 108 Å². The molecule has 0 aromatic heterocycles. The minimum absolute atomic E-state index is 0.222. The Kier molecular flexibility index (Phi) is 8.68. The molecule has 1 fully saturated rings. The van der Waals surface area contributed by atoms with Crippen molar-refractivity contribution in [1.82, 2.24) is 20.3 Å². The molecule has 2 aromatic carbocycles. The van der Waals surface area contributed by atoms with E-state index < -0.39 is 15.6 Å². The molecule has 3 amide bonds. The van der Waals surface area contributed by atoms with Crippen LogP contribution in [0.1, 0.15) is 50.7 Å². The molecule has 0 heterocycles. The third kappa shape index (κ3) is 6.15. The summed E-state index contributed by atoms with van der Waals surface area (Å²) in [6.07, 6.45) is 2.89. The maximum Gasteiger partial charge on any atom is 0.315 e. The Hall–Kier alpha value is -2.91. The fourth-order valence-electron chi connectivity index (χ4n) is 4.27. The molecule has 9 heteroatoms. The number of nitrogens with zero attached hydrogens (tertiary/aromatic N) is 1. The van der Waals surface area contributed by atoms with E-state index in [1.807, 2.05) is 30.3 Å². The van der Waals surface area contributed by atoms with Crippen LogP contribution in [0.25, 0.3) is 0 Å². The highest BCUT2D eigenvalue weighted by Gasteiger charge is 2.42. The molecule has 34 heavy (non-hydrogen) atoms. The van der Waals surface area contributed by atoms with Crippen molar-refractivity contribution in [3.63, 3.8) is 0 Å². The maximum atomic E-state index is 13.1. The van der Waals surface area contributed by atoms with Crippen molar-refractivity contribution in [2.45, 2.75) is 63.1 Å². The zero-order valence-corrected chi connectivity index (χ0v) is 20.7. The van der Waals surface area contributed by atoms with E-state index in [4.69, 9.17) is 0 Å². The second kappa shape index (κ2) is 11.5. The summed E-state index contributed by atoms with van der Waals surface area (Å²) in [6, 6.07) is 15.8. The molecule has 0 unspecified atom stereocenters. The van der Waals surface area contributed by atoms with Crippen LogP contribution in [0, 0.1) is 0 Å². The number of hydrogen-bond acceptors (Lipinski definition) is 4. The van der Waals surface area contributed by atoms with Crippen LogP contribution in [-0.2, 0) is 27.9 Å². The second-order valence-electron chi connectivity index (χ2n) is 8.50. The number of nitrogens with one attached hydrogen (secondary N) is 3. The molecule has 3 rings (SSSR count). The lowest BCUT2D eigenvalue weighted by Gasteiger charge is -2.29. The Morgan fingerprint density at radius 1 is 0.853 bits per heavy atom. The van der Waals surface area contributed by atoms with Crippen LogP contribution in [0.15, 0.2) is 59.5 Å². The number of carbonyl (C=O) groups is 2. The summed E-state index contributed by atoms with van der Waals surface area (Å²) in [5, 5.41) is 8.66. The molecule has 0 spiro atoms. The number of benzene rings is 2. The van der Waals surface area contributed by atoms with Gasteiger partial charge in [0.1, 0.15) is 5.54 Å². The molecule has 1 aliphatic rings. The van der Waals surface area contributed by atoms with Crippen LogP contribution in [0.5, 0.6) is 0 Å². The van der Waals surface area contributed by atoms with Gasteiger partial charge in [0.2, 0.25) is 15.9 Å².